The van der Waals surface area contributed by atoms with E-state index in [1.165, 1.54) is 27.3 Å². The molecule has 0 saturated heterocycles. The number of nitrogens with zero attached hydrogens (tertiary/aromatic N) is 2. The zero-order valence-electron chi connectivity index (χ0n) is 42.4. The first-order valence-corrected chi connectivity index (χ1v) is 24.0. The Bertz CT molecular complexity index is 3250. The van der Waals surface area contributed by atoms with Gasteiger partial charge in [-0.05, 0) is 134 Å². The van der Waals surface area contributed by atoms with E-state index in [-0.39, 0.29) is 43.9 Å². The van der Waals surface area contributed by atoms with Crippen LogP contribution in [0.3, 0.4) is 0 Å². The van der Waals surface area contributed by atoms with Gasteiger partial charge < -0.3 is 9.13 Å². The van der Waals surface area contributed by atoms with Gasteiger partial charge in [0.2, 0.25) is 0 Å². The predicted octanol–water partition coefficient (Wildman–Crippen LogP) is 19.5. The maximum absolute atomic E-state index is 17.5. The van der Waals surface area contributed by atoms with Crippen LogP contribution >= 0.6 is 0 Å². The molecular weight excluding hydrogens is 932 g/mol. The van der Waals surface area contributed by atoms with Gasteiger partial charge in [-0.1, -0.05) is 132 Å². The first kappa shape index (κ1) is 50.5. The fourth-order valence-electron chi connectivity index (χ4n) is 9.96. The molecule has 0 spiro atoms. The number of halogens is 9. The van der Waals surface area contributed by atoms with Crippen LogP contribution < -0.4 is 0 Å². The lowest BCUT2D eigenvalue weighted by atomic mass is 9.85. The van der Waals surface area contributed by atoms with E-state index >= 15 is 13.2 Å². The second kappa shape index (κ2) is 16.5. The van der Waals surface area contributed by atoms with Crippen LogP contribution in [-0.2, 0) is 40.2 Å². The largest absolute Gasteiger partial charge is 0.420 e. The third-order valence-electron chi connectivity index (χ3n) is 14.0. The Hall–Kier alpha value is -6.49. The van der Waals surface area contributed by atoms with Gasteiger partial charge in [-0.2, -0.15) is 39.5 Å². The Morgan fingerprint density at radius 3 is 0.806 bits per heavy atom. The molecule has 0 atom stereocenters. The van der Waals surface area contributed by atoms with E-state index in [4.69, 9.17) is 0 Å². The number of hydrogen-bond acceptors (Lipinski definition) is 0. The molecule has 2 aromatic heterocycles. The van der Waals surface area contributed by atoms with Gasteiger partial charge in [0.15, 0.2) is 0 Å². The molecule has 0 fully saturated rings. The van der Waals surface area contributed by atoms with Crippen molar-refractivity contribution in [2.24, 2.45) is 0 Å². The quantitative estimate of drug-likeness (QED) is 0.156. The van der Waals surface area contributed by atoms with Crippen LogP contribution in [0.4, 0.5) is 39.5 Å². The minimum absolute atomic E-state index is 0.218. The van der Waals surface area contributed by atoms with E-state index in [2.05, 4.69) is 0 Å². The van der Waals surface area contributed by atoms with Gasteiger partial charge in [-0.15, -0.1) is 0 Å². The highest BCUT2D eigenvalue weighted by Crippen LogP contribution is 2.53. The number of alkyl halides is 9. The molecule has 0 aliphatic rings. The van der Waals surface area contributed by atoms with Crippen molar-refractivity contribution in [1.29, 1.82) is 0 Å². The minimum atomic E-state index is -5.31. The average Bonchev–Trinajstić information content (AvgIpc) is 3.77. The van der Waals surface area contributed by atoms with Crippen LogP contribution in [0.25, 0.3) is 77.2 Å². The lowest BCUT2D eigenvalue weighted by Crippen LogP contribution is -2.18. The van der Waals surface area contributed by atoms with Crippen LogP contribution in [0.5, 0.6) is 0 Å². The zero-order valence-corrected chi connectivity index (χ0v) is 42.4. The predicted molar refractivity (Wildman–Crippen MR) is 276 cm³/mol. The van der Waals surface area contributed by atoms with Crippen LogP contribution in [0.1, 0.15) is 122 Å². The van der Waals surface area contributed by atoms with Crippen molar-refractivity contribution in [2.75, 3.05) is 0 Å². The summed E-state index contributed by atoms with van der Waals surface area (Å²) in [6, 6.07) is 31.8. The Balaban J connectivity index is 1.60. The molecule has 9 rings (SSSR count). The second-order valence-electron chi connectivity index (χ2n) is 23.3. The first-order chi connectivity index (χ1) is 33.1. The Labute approximate surface area is 414 Å². The maximum Gasteiger partial charge on any atom is 0.420 e. The third-order valence-corrected chi connectivity index (χ3v) is 14.0. The monoisotopic (exact) mass is 988 g/mol. The van der Waals surface area contributed by atoms with Crippen LogP contribution in [-0.4, -0.2) is 9.13 Å². The van der Waals surface area contributed by atoms with E-state index in [0.717, 1.165) is 58.7 Å². The number of rotatable bonds is 4. The number of fused-ring (bicyclic) bond motifs is 6. The minimum Gasteiger partial charge on any atom is -0.308 e. The van der Waals surface area contributed by atoms with Crippen molar-refractivity contribution in [2.45, 2.75) is 123 Å². The molecule has 374 valence electrons. The summed E-state index contributed by atoms with van der Waals surface area (Å²) in [7, 11) is 0. The molecule has 0 radical (unpaired) electrons. The van der Waals surface area contributed by atoms with Crippen molar-refractivity contribution in [1.82, 2.24) is 9.13 Å². The molecule has 2 nitrogen and oxygen atoms in total. The SMILES string of the molecule is CC(C)(C)c1ccc2c(c1)c1cc(C(C)(C)C)ccc1n2-c1c(-c2cccc(C(F)(F)F)c2)cc(-c2cccc(C(F)(F)F)c2)c(-n2c3ccc(C(C)(C)C)cc3c3cc(C(C)(C)C)ccc32)c1C(F)(F)F. The van der Waals surface area contributed by atoms with E-state index < -0.39 is 46.6 Å². The summed E-state index contributed by atoms with van der Waals surface area (Å²) in [6.45, 7) is 24.3. The van der Waals surface area contributed by atoms with E-state index in [0.29, 0.717) is 43.6 Å². The zero-order chi connectivity index (χ0) is 52.6. The smallest absolute Gasteiger partial charge is 0.308 e. The molecule has 72 heavy (non-hydrogen) atoms. The standard InChI is InChI=1S/C61H57F9N2/c1-55(2,3)36-19-23-48-44(29-36)45-30-37(56(4,5)6)20-24-49(45)71(48)53-42(34-15-13-17-40(27-34)59(62,63)64)33-43(35-16-14-18-41(28-35)60(65,66)67)54(52(53)61(68,69)70)72-50-25-21-38(57(7,8)9)31-46(50)47-32-39(58(10,11)12)22-26-51(47)72/h13-33H,1-12H3. The van der Waals surface area contributed by atoms with Gasteiger partial charge in [0.1, 0.15) is 5.56 Å². The van der Waals surface area contributed by atoms with Crippen LogP contribution in [0, 0.1) is 0 Å². The number of aromatic nitrogens is 2. The van der Waals surface area contributed by atoms with Gasteiger partial charge in [0.25, 0.3) is 0 Å². The summed E-state index contributed by atoms with van der Waals surface area (Å²) >= 11 is 0. The molecule has 7 aromatic carbocycles. The molecule has 0 saturated carbocycles. The highest BCUT2D eigenvalue weighted by molar-refractivity contribution is 6.13. The van der Waals surface area contributed by atoms with Gasteiger partial charge in [0.05, 0.1) is 44.6 Å². The highest BCUT2D eigenvalue weighted by atomic mass is 19.4. The summed E-state index contributed by atoms with van der Waals surface area (Å²) in [5, 5.41) is 2.49. The Morgan fingerprint density at radius 1 is 0.292 bits per heavy atom. The summed E-state index contributed by atoms with van der Waals surface area (Å²) < 4.78 is 144. The van der Waals surface area contributed by atoms with E-state index in [1.54, 1.807) is 24.3 Å². The Morgan fingerprint density at radius 2 is 0.569 bits per heavy atom. The Kier molecular flexibility index (Phi) is 11.6. The van der Waals surface area contributed by atoms with Gasteiger partial charge in [-0.25, -0.2) is 0 Å². The summed E-state index contributed by atoms with van der Waals surface area (Å²) in [5.74, 6) is 0. The van der Waals surface area contributed by atoms with E-state index in [9.17, 15) is 26.3 Å². The van der Waals surface area contributed by atoms with Gasteiger partial charge in [0, 0.05) is 32.7 Å². The normalized spacial score (nSPS) is 13.6. The van der Waals surface area contributed by atoms with Crippen molar-refractivity contribution < 1.29 is 39.5 Å². The molecule has 0 amide bonds. The summed E-state index contributed by atoms with van der Waals surface area (Å²) in [5.41, 5.74) is -1.93. The topological polar surface area (TPSA) is 9.86 Å². The lowest BCUT2D eigenvalue weighted by molar-refractivity contribution is -0.138. The van der Waals surface area contributed by atoms with Crippen molar-refractivity contribution in [3.8, 4) is 33.6 Å². The molecular formula is C61H57F9N2. The fourth-order valence-corrected chi connectivity index (χ4v) is 9.96. The van der Waals surface area contributed by atoms with Crippen molar-refractivity contribution >= 4 is 43.6 Å². The maximum atomic E-state index is 17.5. The molecule has 0 aliphatic carbocycles. The van der Waals surface area contributed by atoms with Gasteiger partial charge >= 0.3 is 18.5 Å². The van der Waals surface area contributed by atoms with Crippen LogP contribution in [0.15, 0.2) is 127 Å². The van der Waals surface area contributed by atoms with E-state index in [1.807, 2.05) is 132 Å². The molecule has 0 unspecified atom stereocenters. The summed E-state index contributed by atoms with van der Waals surface area (Å²) in [6.07, 6.45) is -15.1. The second-order valence-corrected chi connectivity index (χ2v) is 23.3. The molecule has 9 aromatic rings. The molecule has 0 N–H and O–H groups in total. The summed E-state index contributed by atoms with van der Waals surface area (Å²) in [4.78, 5) is 0. The first-order valence-electron chi connectivity index (χ1n) is 24.0. The molecule has 2 heterocycles. The fraction of sp³-hybridized carbons (Fsp3) is 0.311. The molecule has 11 heteroatoms. The lowest BCUT2D eigenvalue weighted by Gasteiger charge is -2.28. The number of benzene rings is 7. The highest BCUT2D eigenvalue weighted by Gasteiger charge is 2.43. The van der Waals surface area contributed by atoms with Crippen LogP contribution in [0.2, 0.25) is 0 Å². The molecule has 0 bridgehead atoms. The van der Waals surface area contributed by atoms with Crippen molar-refractivity contribution in [3.63, 3.8) is 0 Å². The average molecular weight is 989 g/mol. The third kappa shape index (κ3) is 8.84. The van der Waals surface area contributed by atoms with Gasteiger partial charge in [-0.3, -0.25) is 0 Å². The molecule has 0 aliphatic heterocycles. The number of hydrogen-bond donors (Lipinski definition) is 0. The van der Waals surface area contributed by atoms with Crippen molar-refractivity contribution in [3.05, 3.63) is 166 Å².